The van der Waals surface area contributed by atoms with E-state index in [1.165, 1.54) is 21.3 Å². The summed E-state index contributed by atoms with van der Waals surface area (Å²) in [7, 11) is -1.86. The number of carbonyl (C=O) groups is 1. The highest BCUT2D eigenvalue weighted by atomic mass is 32.2. The Labute approximate surface area is 159 Å². The number of likely N-dealkylation sites (N-methyl/N-ethyl adjacent to an activating group) is 1. The Bertz CT molecular complexity index is 863. The lowest BCUT2D eigenvalue weighted by molar-refractivity contribution is -0.120. The normalized spacial score (nSPS) is 15.3. The molecule has 1 aliphatic heterocycles. The number of nitrogens with zero attached hydrogens (tertiary/aromatic N) is 2. The van der Waals surface area contributed by atoms with Crippen molar-refractivity contribution in [2.75, 3.05) is 44.9 Å². The van der Waals surface area contributed by atoms with Crippen molar-refractivity contribution in [2.24, 2.45) is 0 Å². The second kappa shape index (κ2) is 8.51. The Kier molecular flexibility index (Phi) is 6.10. The Morgan fingerprint density at radius 2 is 1.70 bits per heavy atom. The van der Waals surface area contributed by atoms with E-state index < -0.39 is 10.0 Å². The Morgan fingerprint density at radius 1 is 1.07 bits per heavy atom. The van der Waals surface area contributed by atoms with Crippen LogP contribution in [-0.2, 0) is 19.6 Å². The molecular weight excluding hydrogens is 368 g/mol. The number of sulfonamides is 1. The molecule has 1 saturated heterocycles. The van der Waals surface area contributed by atoms with Crippen LogP contribution in [0, 0.1) is 0 Å². The fraction of sp³-hybridized carbons (Fsp3) is 0.316. The summed E-state index contributed by atoms with van der Waals surface area (Å²) < 4.78 is 37.3. The third kappa shape index (κ3) is 4.65. The van der Waals surface area contributed by atoms with Gasteiger partial charge in [-0.25, -0.2) is 8.42 Å². The highest BCUT2D eigenvalue weighted by Gasteiger charge is 2.26. The van der Waals surface area contributed by atoms with Gasteiger partial charge < -0.3 is 14.4 Å². The molecular formula is C19H22N2O5S. The van der Waals surface area contributed by atoms with Gasteiger partial charge in [-0.3, -0.25) is 4.79 Å². The third-order valence-corrected chi connectivity index (χ3v) is 6.22. The van der Waals surface area contributed by atoms with E-state index in [0.29, 0.717) is 32.1 Å². The molecule has 0 bridgehead atoms. The summed E-state index contributed by atoms with van der Waals surface area (Å²) in [5, 5.41) is 0. The summed E-state index contributed by atoms with van der Waals surface area (Å²) in [5.74, 6) is 0.233. The van der Waals surface area contributed by atoms with Crippen molar-refractivity contribution in [3.63, 3.8) is 0 Å². The van der Waals surface area contributed by atoms with Gasteiger partial charge in [0.05, 0.1) is 18.1 Å². The summed E-state index contributed by atoms with van der Waals surface area (Å²) in [6.45, 7) is 1.36. The van der Waals surface area contributed by atoms with Crippen molar-refractivity contribution in [1.82, 2.24) is 4.31 Å². The van der Waals surface area contributed by atoms with Crippen LogP contribution in [-0.4, -0.2) is 58.6 Å². The van der Waals surface area contributed by atoms with Gasteiger partial charge in [-0.1, -0.05) is 18.2 Å². The molecule has 0 atom stereocenters. The lowest BCUT2D eigenvalue weighted by atomic mass is 10.3. The average molecular weight is 390 g/mol. The zero-order valence-corrected chi connectivity index (χ0v) is 15.9. The minimum absolute atomic E-state index is 0.138. The van der Waals surface area contributed by atoms with Crippen molar-refractivity contribution < 1.29 is 22.7 Å². The number of benzene rings is 2. The maximum absolute atomic E-state index is 12.6. The Morgan fingerprint density at radius 3 is 2.33 bits per heavy atom. The van der Waals surface area contributed by atoms with Crippen LogP contribution in [0.1, 0.15) is 0 Å². The molecule has 27 heavy (non-hydrogen) atoms. The number of anilines is 1. The van der Waals surface area contributed by atoms with E-state index in [-0.39, 0.29) is 17.4 Å². The van der Waals surface area contributed by atoms with E-state index in [9.17, 15) is 13.2 Å². The number of carbonyl (C=O) groups excluding carboxylic acids is 1. The van der Waals surface area contributed by atoms with Gasteiger partial charge in [-0.05, 0) is 36.4 Å². The van der Waals surface area contributed by atoms with Gasteiger partial charge in [-0.15, -0.1) is 0 Å². The molecule has 0 aliphatic carbocycles. The maximum atomic E-state index is 12.6. The summed E-state index contributed by atoms with van der Waals surface area (Å²) in [6, 6.07) is 15.4. The molecule has 3 rings (SSSR count). The van der Waals surface area contributed by atoms with E-state index in [1.54, 1.807) is 19.2 Å². The molecule has 0 radical (unpaired) electrons. The van der Waals surface area contributed by atoms with Crippen LogP contribution in [0.15, 0.2) is 59.5 Å². The monoisotopic (exact) mass is 390 g/mol. The highest BCUT2D eigenvalue weighted by Crippen LogP contribution is 2.20. The SMILES string of the molecule is CN(C(=O)COc1ccc(S(=O)(=O)N2CCOCC2)cc1)c1ccccc1. The molecule has 0 saturated carbocycles. The first kappa shape index (κ1) is 19.3. The van der Waals surface area contributed by atoms with Gasteiger partial charge in [0.2, 0.25) is 10.0 Å². The number of amides is 1. The predicted molar refractivity (Wildman–Crippen MR) is 101 cm³/mol. The van der Waals surface area contributed by atoms with Crippen molar-refractivity contribution in [3.05, 3.63) is 54.6 Å². The van der Waals surface area contributed by atoms with E-state index in [1.807, 2.05) is 30.3 Å². The molecule has 1 heterocycles. The molecule has 7 nitrogen and oxygen atoms in total. The number of ether oxygens (including phenoxy) is 2. The van der Waals surface area contributed by atoms with Gasteiger partial charge in [0.15, 0.2) is 6.61 Å². The lowest BCUT2D eigenvalue weighted by Crippen LogP contribution is -2.40. The molecule has 0 unspecified atom stereocenters. The number of hydrogen-bond donors (Lipinski definition) is 0. The molecule has 1 fully saturated rings. The molecule has 0 aromatic heterocycles. The van der Waals surface area contributed by atoms with Crippen molar-refractivity contribution in [1.29, 1.82) is 0 Å². The highest BCUT2D eigenvalue weighted by molar-refractivity contribution is 7.89. The maximum Gasteiger partial charge on any atom is 0.264 e. The molecule has 0 spiro atoms. The number of rotatable bonds is 6. The van der Waals surface area contributed by atoms with Crippen molar-refractivity contribution in [2.45, 2.75) is 4.90 Å². The topological polar surface area (TPSA) is 76.2 Å². The number of morpholine rings is 1. The van der Waals surface area contributed by atoms with Crippen LogP contribution >= 0.6 is 0 Å². The van der Waals surface area contributed by atoms with Crippen LogP contribution in [0.2, 0.25) is 0 Å². The fourth-order valence-corrected chi connectivity index (χ4v) is 4.09. The van der Waals surface area contributed by atoms with Crippen LogP contribution in [0.25, 0.3) is 0 Å². The van der Waals surface area contributed by atoms with Gasteiger partial charge >= 0.3 is 0 Å². The largest absolute Gasteiger partial charge is 0.484 e. The third-order valence-electron chi connectivity index (χ3n) is 4.31. The van der Waals surface area contributed by atoms with Gasteiger partial charge in [0, 0.05) is 25.8 Å². The Balaban J connectivity index is 1.60. The minimum Gasteiger partial charge on any atom is -0.484 e. The zero-order chi connectivity index (χ0) is 19.3. The molecule has 2 aromatic carbocycles. The quantitative estimate of drug-likeness (QED) is 0.751. The molecule has 144 valence electrons. The summed E-state index contributed by atoms with van der Waals surface area (Å²) in [5.41, 5.74) is 0.776. The lowest BCUT2D eigenvalue weighted by Gasteiger charge is -2.26. The van der Waals surface area contributed by atoms with Crippen molar-refractivity contribution in [3.8, 4) is 5.75 Å². The smallest absolute Gasteiger partial charge is 0.264 e. The first-order valence-corrected chi connectivity index (χ1v) is 10.0. The summed E-state index contributed by atoms with van der Waals surface area (Å²) in [6.07, 6.45) is 0. The molecule has 1 amide bonds. The Hall–Kier alpha value is -2.42. The fourth-order valence-electron chi connectivity index (χ4n) is 2.68. The average Bonchev–Trinajstić information content (AvgIpc) is 2.73. The minimum atomic E-state index is -3.54. The van der Waals surface area contributed by atoms with Gasteiger partial charge in [0.1, 0.15) is 5.75 Å². The molecule has 0 N–H and O–H groups in total. The molecule has 2 aromatic rings. The first-order valence-electron chi connectivity index (χ1n) is 8.61. The zero-order valence-electron chi connectivity index (χ0n) is 15.1. The summed E-state index contributed by atoms with van der Waals surface area (Å²) >= 11 is 0. The van der Waals surface area contributed by atoms with E-state index in [0.717, 1.165) is 5.69 Å². The van der Waals surface area contributed by atoms with Crippen LogP contribution in [0.3, 0.4) is 0 Å². The summed E-state index contributed by atoms with van der Waals surface area (Å²) in [4.78, 5) is 13.9. The predicted octanol–water partition coefficient (Wildman–Crippen LogP) is 1.75. The van der Waals surface area contributed by atoms with Crippen LogP contribution in [0.4, 0.5) is 5.69 Å². The second-order valence-electron chi connectivity index (χ2n) is 6.06. The van der Waals surface area contributed by atoms with Gasteiger partial charge in [-0.2, -0.15) is 4.31 Å². The van der Waals surface area contributed by atoms with Gasteiger partial charge in [0.25, 0.3) is 5.91 Å². The van der Waals surface area contributed by atoms with E-state index in [2.05, 4.69) is 0 Å². The number of para-hydroxylation sites is 1. The second-order valence-corrected chi connectivity index (χ2v) is 8.00. The molecule has 8 heteroatoms. The number of hydrogen-bond acceptors (Lipinski definition) is 5. The first-order chi connectivity index (χ1) is 13.0. The van der Waals surface area contributed by atoms with Crippen molar-refractivity contribution >= 4 is 21.6 Å². The van der Waals surface area contributed by atoms with E-state index >= 15 is 0 Å². The van der Waals surface area contributed by atoms with E-state index in [4.69, 9.17) is 9.47 Å². The molecule has 1 aliphatic rings. The standard InChI is InChI=1S/C19H22N2O5S/c1-20(16-5-3-2-4-6-16)19(22)15-26-17-7-9-18(10-8-17)27(23,24)21-11-13-25-14-12-21/h2-10H,11-15H2,1H3. The van der Waals surface area contributed by atoms with Crippen LogP contribution < -0.4 is 9.64 Å². The van der Waals surface area contributed by atoms with Crippen LogP contribution in [0.5, 0.6) is 5.75 Å².